The first-order valence-corrected chi connectivity index (χ1v) is 5.91. The molecule has 0 saturated heterocycles. The average molecular weight is 244 g/mol. The van der Waals surface area contributed by atoms with Crippen LogP contribution < -0.4 is 0 Å². The molecule has 0 amide bonds. The van der Waals surface area contributed by atoms with Crippen LogP contribution >= 0.6 is 0 Å². The fourth-order valence-electron chi connectivity index (χ4n) is 1.78. The Hall–Kier alpha value is -2.10. The molecule has 0 unspecified atom stereocenters. The van der Waals surface area contributed by atoms with Gasteiger partial charge in [0.25, 0.3) is 0 Å². The van der Waals surface area contributed by atoms with Gasteiger partial charge in [-0.2, -0.15) is 5.10 Å². The van der Waals surface area contributed by atoms with Crippen LogP contribution in [0.3, 0.4) is 0 Å². The number of hydrogen-bond acceptors (Lipinski definition) is 3. The Morgan fingerprint density at radius 3 is 2.89 bits per heavy atom. The van der Waals surface area contributed by atoms with E-state index in [4.69, 9.17) is 4.74 Å². The van der Waals surface area contributed by atoms with Crippen LogP contribution in [0.1, 0.15) is 28.4 Å². The van der Waals surface area contributed by atoms with Gasteiger partial charge >= 0.3 is 5.97 Å². The standard InChI is InChI=1S/C14H16N2O2/c1-3-11-8-15-16(9-11)10-12-5-4-6-13(7-12)14(17)18-2/h4-9H,3,10H2,1-2H3. The van der Waals surface area contributed by atoms with Gasteiger partial charge in [0, 0.05) is 6.20 Å². The zero-order valence-corrected chi connectivity index (χ0v) is 10.6. The average Bonchev–Trinajstić information content (AvgIpc) is 2.86. The summed E-state index contributed by atoms with van der Waals surface area (Å²) in [6.45, 7) is 2.75. The van der Waals surface area contributed by atoms with Crippen LogP contribution in [0.25, 0.3) is 0 Å². The minimum Gasteiger partial charge on any atom is -0.465 e. The van der Waals surface area contributed by atoms with Crippen LogP contribution in [-0.2, 0) is 17.7 Å². The summed E-state index contributed by atoms with van der Waals surface area (Å²) in [6, 6.07) is 7.40. The van der Waals surface area contributed by atoms with Crippen LogP contribution in [0, 0.1) is 0 Å². The van der Waals surface area contributed by atoms with Gasteiger partial charge in [-0.25, -0.2) is 4.79 Å². The van der Waals surface area contributed by atoms with Crippen molar-refractivity contribution in [3.05, 3.63) is 53.3 Å². The van der Waals surface area contributed by atoms with Gasteiger partial charge < -0.3 is 4.74 Å². The number of benzene rings is 1. The Kier molecular flexibility index (Phi) is 3.77. The molecule has 0 spiro atoms. The van der Waals surface area contributed by atoms with Crippen LogP contribution in [0.2, 0.25) is 0 Å². The number of hydrogen-bond donors (Lipinski definition) is 0. The van der Waals surface area contributed by atoms with Crippen molar-refractivity contribution in [2.24, 2.45) is 0 Å². The number of aryl methyl sites for hydroxylation is 1. The molecule has 4 nitrogen and oxygen atoms in total. The van der Waals surface area contributed by atoms with E-state index in [-0.39, 0.29) is 5.97 Å². The summed E-state index contributed by atoms with van der Waals surface area (Å²) in [5, 5.41) is 4.28. The fraction of sp³-hybridized carbons (Fsp3) is 0.286. The summed E-state index contributed by atoms with van der Waals surface area (Å²) in [5.41, 5.74) is 2.81. The molecule has 1 aromatic heterocycles. The Morgan fingerprint density at radius 1 is 1.39 bits per heavy atom. The van der Waals surface area contributed by atoms with E-state index in [0.29, 0.717) is 12.1 Å². The highest BCUT2D eigenvalue weighted by Gasteiger charge is 2.06. The molecule has 1 heterocycles. The summed E-state index contributed by atoms with van der Waals surface area (Å²) < 4.78 is 6.57. The predicted octanol–water partition coefficient (Wildman–Crippen LogP) is 2.28. The molecule has 18 heavy (non-hydrogen) atoms. The maximum absolute atomic E-state index is 11.4. The lowest BCUT2D eigenvalue weighted by molar-refractivity contribution is 0.0600. The number of methoxy groups -OCH3 is 1. The maximum Gasteiger partial charge on any atom is 0.337 e. The van der Waals surface area contributed by atoms with Crippen molar-refractivity contribution in [2.75, 3.05) is 7.11 Å². The van der Waals surface area contributed by atoms with Gasteiger partial charge in [-0.3, -0.25) is 4.68 Å². The highest BCUT2D eigenvalue weighted by atomic mass is 16.5. The second-order valence-corrected chi connectivity index (χ2v) is 4.09. The van der Waals surface area contributed by atoms with Crippen molar-refractivity contribution in [1.29, 1.82) is 0 Å². The second kappa shape index (κ2) is 5.49. The molecule has 0 N–H and O–H groups in total. The molecule has 0 aliphatic rings. The number of rotatable bonds is 4. The largest absolute Gasteiger partial charge is 0.465 e. The highest BCUT2D eigenvalue weighted by Crippen LogP contribution is 2.09. The summed E-state index contributed by atoms with van der Waals surface area (Å²) in [6.07, 6.45) is 4.86. The molecule has 0 atom stereocenters. The minimum atomic E-state index is -0.313. The molecular weight excluding hydrogens is 228 g/mol. The Bertz CT molecular complexity index is 546. The van der Waals surface area contributed by atoms with Crippen LogP contribution in [0.5, 0.6) is 0 Å². The zero-order valence-electron chi connectivity index (χ0n) is 10.6. The predicted molar refractivity (Wildman–Crippen MR) is 68.5 cm³/mol. The molecule has 0 aliphatic heterocycles. The van der Waals surface area contributed by atoms with E-state index < -0.39 is 0 Å². The number of nitrogens with zero attached hydrogens (tertiary/aromatic N) is 2. The number of aromatic nitrogens is 2. The van der Waals surface area contributed by atoms with Gasteiger partial charge in [0.1, 0.15) is 0 Å². The monoisotopic (exact) mass is 244 g/mol. The second-order valence-electron chi connectivity index (χ2n) is 4.09. The molecule has 0 aliphatic carbocycles. The molecule has 2 aromatic rings. The quantitative estimate of drug-likeness (QED) is 0.775. The topological polar surface area (TPSA) is 44.1 Å². The minimum absolute atomic E-state index is 0.313. The van der Waals surface area contributed by atoms with Crippen molar-refractivity contribution in [3.63, 3.8) is 0 Å². The van der Waals surface area contributed by atoms with Gasteiger partial charge in [0.05, 0.1) is 25.4 Å². The lowest BCUT2D eigenvalue weighted by Gasteiger charge is -2.04. The Balaban J connectivity index is 2.16. The normalized spacial score (nSPS) is 10.3. The molecule has 0 radical (unpaired) electrons. The first kappa shape index (κ1) is 12.4. The van der Waals surface area contributed by atoms with E-state index in [0.717, 1.165) is 12.0 Å². The molecule has 4 heteroatoms. The third-order valence-electron chi connectivity index (χ3n) is 2.79. The number of ether oxygens (including phenoxy) is 1. The van der Waals surface area contributed by atoms with Crippen molar-refractivity contribution in [2.45, 2.75) is 19.9 Å². The SMILES string of the molecule is CCc1cnn(Cc2cccc(C(=O)OC)c2)c1. The van der Waals surface area contributed by atoms with E-state index in [9.17, 15) is 4.79 Å². The van der Waals surface area contributed by atoms with E-state index in [1.165, 1.54) is 12.7 Å². The molecule has 2 rings (SSSR count). The van der Waals surface area contributed by atoms with E-state index in [2.05, 4.69) is 12.0 Å². The number of esters is 1. The maximum atomic E-state index is 11.4. The fourth-order valence-corrected chi connectivity index (χ4v) is 1.78. The third-order valence-corrected chi connectivity index (χ3v) is 2.79. The number of carbonyl (C=O) groups is 1. The van der Waals surface area contributed by atoms with Gasteiger partial charge in [-0.15, -0.1) is 0 Å². The van der Waals surface area contributed by atoms with Crippen LogP contribution in [0.4, 0.5) is 0 Å². The van der Waals surface area contributed by atoms with E-state index in [1.807, 2.05) is 35.3 Å². The molecule has 1 aromatic carbocycles. The van der Waals surface area contributed by atoms with Crippen LogP contribution in [-0.4, -0.2) is 22.9 Å². The van der Waals surface area contributed by atoms with Gasteiger partial charge in [-0.1, -0.05) is 19.1 Å². The van der Waals surface area contributed by atoms with E-state index in [1.54, 1.807) is 6.07 Å². The van der Waals surface area contributed by atoms with Crippen LogP contribution in [0.15, 0.2) is 36.7 Å². The van der Waals surface area contributed by atoms with Gasteiger partial charge in [0.15, 0.2) is 0 Å². The Morgan fingerprint density at radius 2 is 2.22 bits per heavy atom. The molecular formula is C14H16N2O2. The van der Waals surface area contributed by atoms with Crippen molar-refractivity contribution >= 4 is 5.97 Å². The number of carbonyl (C=O) groups excluding carboxylic acids is 1. The molecule has 94 valence electrons. The van der Waals surface area contributed by atoms with Crippen molar-refractivity contribution in [1.82, 2.24) is 9.78 Å². The first-order valence-electron chi connectivity index (χ1n) is 5.91. The lowest BCUT2D eigenvalue weighted by Crippen LogP contribution is -2.04. The highest BCUT2D eigenvalue weighted by molar-refractivity contribution is 5.89. The third kappa shape index (κ3) is 2.77. The summed E-state index contributed by atoms with van der Waals surface area (Å²) in [4.78, 5) is 11.4. The van der Waals surface area contributed by atoms with Gasteiger partial charge in [0.2, 0.25) is 0 Å². The summed E-state index contributed by atoms with van der Waals surface area (Å²) in [5.74, 6) is -0.313. The Labute approximate surface area is 106 Å². The molecule has 0 saturated carbocycles. The summed E-state index contributed by atoms with van der Waals surface area (Å²) in [7, 11) is 1.38. The summed E-state index contributed by atoms with van der Waals surface area (Å²) >= 11 is 0. The van der Waals surface area contributed by atoms with Crippen molar-refractivity contribution in [3.8, 4) is 0 Å². The van der Waals surface area contributed by atoms with E-state index >= 15 is 0 Å². The smallest absolute Gasteiger partial charge is 0.337 e. The zero-order chi connectivity index (χ0) is 13.0. The van der Waals surface area contributed by atoms with Gasteiger partial charge in [-0.05, 0) is 29.7 Å². The lowest BCUT2D eigenvalue weighted by atomic mass is 10.1. The molecule has 0 fully saturated rings. The molecule has 0 bridgehead atoms. The first-order chi connectivity index (χ1) is 8.72. The van der Waals surface area contributed by atoms with Crippen molar-refractivity contribution < 1.29 is 9.53 Å².